The minimum atomic E-state index is 0.574. The third-order valence-electron chi connectivity index (χ3n) is 4.60. The molecule has 1 heterocycles. The van der Waals surface area contributed by atoms with Crippen molar-refractivity contribution in [1.29, 1.82) is 0 Å². The SMILES string of the molecule is Cc1cc(CN(C)C)cc(N[C@@H]2C[C@@H](C)N(C)C[C@H]2C)c1. The van der Waals surface area contributed by atoms with Crippen molar-refractivity contribution < 1.29 is 0 Å². The van der Waals surface area contributed by atoms with Crippen LogP contribution < -0.4 is 5.32 Å². The van der Waals surface area contributed by atoms with Crippen LogP contribution in [0.1, 0.15) is 31.4 Å². The Kier molecular flexibility index (Phi) is 5.28. The molecule has 3 nitrogen and oxygen atoms in total. The average molecular weight is 289 g/mol. The summed E-state index contributed by atoms with van der Waals surface area (Å²) in [6.07, 6.45) is 1.22. The Labute approximate surface area is 130 Å². The summed E-state index contributed by atoms with van der Waals surface area (Å²) in [4.78, 5) is 4.69. The molecular weight excluding hydrogens is 258 g/mol. The zero-order chi connectivity index (χ0) is 15.6. The van der Waals surface area contributed by atoms with Gasteiger partial charge in [-0.15, -0.1) is 0 Å². The number of aryl methyl sites for hydroxylation is 1. The van der Waals surface area contributed by atoms with Crippen LogP contribution in [0.2, 0.25) is 0 Å². The quantitative estimate of drug-likeness (QED) is 0.918. The Bertz CT molecular complexity index is 470. The van der Waals surface area contributed by atoms with E-state index in [-0.39, 0.29) is 0 Å². The lowest BCUT2D eigenvalue weighted by atomic mass is 9.89. The number of benzene rings is 1. The topological polar surface area (TPSA) is 18.5 Å². The molecule has 0 saturated carbocycles. The fourth-order valence-corrected chi connectivity index (χ4v) is 3.36. The van der Waals surface area contributed by atoms with Crippen LogP contribution in [0.15, 0.2) is 18.2 Å². The van der Waals surface area contributed by atoms with Crippen molar-refractivity contribution in [3.63, 3.8) is 0 Å². The highest BCUT2D eigenvalue weighted by molar-refractivity contribution is 5.49. The highest BCUT2D eigenvalue weighted by Crippen LogP contribution is 2.25. The molecule has 1 aromatic carbocycles. The van der Waals surface area contributed by atoms with Gasteiger partial charge in [-0.2, -0.15) is 0 Å². The maximum Gasteiger partial charge on any atom is 0.0348 e. The van der Waals surface area contributed by atoms with Crippen molar-refractivity contribution in [2.24, 2.45) is 5.92 Å². The number of likely N-dealkylation sites (tertiary alicyclic amines) is 1. The summed E-state index contributed by atoms with van der Waals surface area (Å²) >= 11 is 0. The summed E-state index contributed by atoms with van der Waals surface area (Å²) in [5, 5.41) is 3.79. The summed E-state index contributed by atoms with van der Waals surface area (Å²) in [7, 11) is 6.48. The molecular formula is C18H31N3. The minimum absolute atomic E-state index is 0.574. The van der Waals surface area contributed by atoms with Gasteiger partial charge in [-0.3, -0.25) is 0 Å². The van der Waals surface area contributed by atoms with Gasteiger partial charge in [-0.1, -0.05) is 13.0 Å². The van der Waals surface area contributed by atoms with Gasteiger partial charge in [-0.25, -0.2) is 0 Å². The van der Waals surface area contributed by atoms with Crippen LogP contribution >= 0.6 is 0 Å². The molecule has 0 aromatic heterocycles. The molecule has 0 unspecified atom stereocenters. The molecule has 0 bridgehead atoms. The first-order valence-electron chi connectivity index (χ1n) is 8.07. The second-order valence-corrected chi connectivity index (χ2v) is 7.20. The highest BCUT2D eigenvalue weighted by Gasteiger charge is 2.28. The summed E-state index contributed by atoms with van der Waals surface area (Å²) in [5.74, 6) is 0.684. The summed E-state index contributed by atoms with van der Waals surface area (Å²) in [6.45, 7) is 9.04. The predicted octanol–water partition coefficient (Wildman–Crippen LogP) is 3.20. The largest absolute Gasteiger partial charge is 0.382 e. The lowest BCUT2D eigenvalue weighted by Gasteiger charge is -2.40. The molecule has 1 fully saturated rings. The molecule has 0 spiro atoms. The van der Waals surface area contributed by atoms with Gasteiger partial charge in [0.15, 0.2) is 0 Å². The van der Waals surface area contributed by atoms with Crippen LogP contribution in [0.3, 0.4) is 0 Å². The monoisotopic (exact) mass is 289 g/mol. The van der Waals surface area contributed by atoms with Crippen LogP contribution in [-0.4, -0.2) is 49.6 Å². The van der Waals surface area contributed by atoms with Gasteiger partial charge >= 0.3 is 0 Å². The lowest BCUT2D eigenvalue weighted by molar-refractivity contribution is 0.145. The van der Waals surface area contributed by atoms with Gasteiger partial charge in [0.05, 0.1) is 0 Å². The Morgan fingerprint density at radius 2 is 1.95 bits per heavy atom. The highest BCUT2D eigenvalue weighted by atomic mass is 15.2. The molecule has 3 heteroatoms. The molecule has 1 aliphatic rings. The number of nitrogens with zero attached hydrogens (tertiary/aromatic N) is 2. The average Bonchev–Trinajstić information content (AvgIpc) is 2.34. The lowest BCUT2D eigenvalue weighted by Crippen LogP contribution is -2.48. The van der Waals surface area contributed by atoms with Crippen LogP contribution in [-0.2, 0) is 6.54 Å². The van der Waals surface area contributed by atoms with Crippen molar-refractivity contribution in [1.82, 2.24) is 9.80 Å². The Morgan fingerprint density at radius 3 is 2.62 bits per heavy atom. The molecule has 3 atom stereocenters. The van der Waals surface area contributed by atoms with Crippen molar-refractivity contribution in [3.8, 4) is 0 Å². The van der Waals surface area contributed by atoms with E-state index in [0.29, 0.717) is 18.0 Å². The Balaban J connectivity index is 2.10. The van der Waals surface area contributed by atoms with E-state index in [9.17, 15) is 0 Å². The van der Waals surface area contributed by atoms with Crippen molar-refractivity contribution in [3.05, 3.63) is 29.3 Å². The summed E-state index contributed by atoms with van der Waals surface area (Å²) < 4.78 is 0. The van der Waals surface area contributed by atoms with Gasteiger partial charge in [0, 0.05) is 30.9 Å². The van der Waals surface area contributed by atoms with Crippen molar-refractivity contribution in [2.45, 2.75) is 45.8 Å². The summed E-state index contributed by atoms with van der Waals surface area (Å²) in [6, 6.07) is 8.10. The van der Waals surface area contributed by atoms with E-state index >= 15 is 0 Å². The molecule has 118 valence electrons. The Morgan fingerprint density at radius 1 is 1.24 bits per heavy atom. The van der Waals surface area contributed by atoms with Crippen LogP contribution in [0, 0.1) is 12.8 Å². The smallest absolute Gasteiger partial charge is 0.0348 e. The standard InChI is InChI=1S/C18H31N3/c1-13-7-16(12-20(4)5)10-17(8-13)19-18-9-15(3)21(6)11-14(18)2/h7-8,10,14-15,18-19H,9,11-12H2,1-6H3/t14-,15-,18-/m1/s1. The number of rotatable bonds is 4. The van der Waals surface area contributed by atoms with Gasteiger partial charge < -0.3 is 15.1 Å². The molecule has 1 aromatic rings. The van der Waals surface area contributed by atoms with E-state index in [2.05, 4.69) is 75.2 Å². The van der Waals surface area contributed by atoms with E-state index in [0.717, 1.165) is 6.54 Å². The van der Waals surface area contributed by atoms with E-state index in [1.165, 1.54) is 29.8 Å². The van der Waals surface area contributed by atoms with E-state index < -0.39 is 0 Å². The van der Waals surface area contributed by atoms with Gasteiger partial charge in [-0.05, 0) is 70.6 Å². The van der Waals surface area contributed by atoms with Crippen LogP contribution in [0.25, 0.3) is 0 Å². The number of hydrogen-bond acceptors (Lipinski definition) is 3. The number of anilines is 1. The van der Waals surface area contributed by atoms with E-state index in [4.69, 9.17) is 0 Å². The summed E-state index contributed by atoms with van der Waals surface area (Å²) in [5.41, 5.74) is 4.00. The zero-order valence-electron chi connectivity index (χ0n) is 14.5. The first kappa shape index (κ1) is 16.3. The first-order valence-corrected chi connectivity index (χ1v) is 8.07. The van der Waals surface area contributed by atoms with E-state index in [1.54, 1.807) is 0 Å². The molecule has 0 aliphatic carbocycles. The second-order valence-electron chi connectivity index (χ2n) is 7.20. The van der Waals surface area contributed by atoms with E-state index in [1.807, 2.05) is 0 Å². The zero-order valence-corrected chi connectivity index (χ0v) is 14.5. The fraction of sp³-hybridized carbons (Fsp3) is 0.667. The van der Waals surface area contributed by atoms with Crippen molar-refractivity contribution in [2.75, 3.05) is 33.0 Å². The number of nitrogens with one attached hydrogen (secondary N) is 1. The number of hydrogen-bond donors (Lipinski definition) is 1. The molecule has 2 rings (SSSR count). The molecule has 0 amide bonds. The molecule has 0 radical (unpaired) electrons. The van der Waals surface area contributed by atoms with Crippen LogP contribution in [0.4, 0.5) is 5.69 Å². The third kappa shape index (κ3) is 4.45. The normalized spacial score (nSPS) is 27.1. The second kappa shape index (κ2) is 6.80. The van der Waals surface area contributed by atoms with Crippen molar-refractivity contribution >= 4 is 5.69 Å². The predicted molar refractivity (Wildman–Crippen MR) is 91.9 cm³/mol. The van der Waals surface area contributed by atoms with Crippen LogP contribution in [0.5, 0.6) is 0 Å². The Hall–Kier alpha value is -1.06. The third-order valence-corrected chi connectivity index (χ3v) is 4.60. The molecule has 1 aliphatic heterocycles. The maximum atomic E-state index is 3.79. The minimum Gasteiger partial charge on any atom is -0.382 e. The molecule has 1 saturated heterocycles. The van der Waals surface area contributed by atoms with Gasteiger partial charge in [0.2, 0.25) is 0 Å². The van der Waals surface area contributed by atoms with Gasteiger partial charge in [0.25, 0.3) is 0 Å². The first-order chi connectivity index (χ1) is 9.85. The maximum absolute atomic E-state index is 3.79. The fourth-order valence-electron chi connectivity index (χ4n) is 3.36. The molecule has 1 N–H and O–H groups in total. The molecule has 21 heavy (non-hydrogen) atoms. The van der Waals surface area contributed by atoms with Gasteiger partial charge in [0.1, 0.15) is 0 Å². The number of piperidine rings is 1.